The molecule has 1 atom stereocenters. The third kappa shape index (κ3) is 6.26. The van der Waals surface area contributed by atoms with E-state index in [1.54, 1.807) is 0 Å². The van der Waals surface area contributed by atoms with Gasteiger partial charge in [-0.25, -0.2) is 0 Å². The summed E-state index contributed by atoms with van der Waals surface area (Å²) in [6.45, 7) is 0. The minimum absolute atomic E-state index is 0.134. The molecule has 1 rings (SSSR count). The largest absolute Gasteiger partial charge is 0.344 e. The molecule has 0 spiro atoms. The van der Waals surface area contributed by atoms with E-state index in [1.807, 2.05) is 24.3 Å². The summed E-state index contributed by atoms with van der Waals surface area (Å²) in [4.78, 5) is 9.55. The molecule has 17 heavy (non-hydrogen) atoms. The summed E-state index contributed by atoms with van der Waals surface area (Å²) in [6.07, 6.45) is 3.25. The molecule has 0 saturated carbocycles. The lowest BCUT2D eigenvalue weighted by Gasteiger charge is -2.09. The second-order valence-corrected chi connectivity index (χ2v) is 6.73. The zero-order chi connectivity index (χ0) is 12.6. The Morgan fingerprint density at radius 3 is 2.53 bits per heavy atom. The van der Waals surface area contributed by atoms with Crippen LogP contribution in [0.25, 0.3) is 0 Å². The Morgan fingerprint density at radius 1 is 1.18 bits per heavy atom. The number of unbranched alkanes of at least 4 members (excludes halogenated alkanes) is 1. The molecule has 0 heterocycles. The van der Waals surface area contributed by atoms with Gasteiger partial charge in [-0.05, 0) is 24.8 Å². The van der Waals surface area contributed by atoms with Crippen molar-refractivity contribution in [3.63, 3.8) is 0 Å². The molecule has 1 unspecified atom stereocenters. The summed E-state index contributed by atoms with van der Waals surface area (Å²) in [5.41, 5.74) is 1.26. The number of hydrogen-bond donors (Lipinski definition) is 1. The van der Waals surface area contributed by atoms with E-state index in [-0.39, 0.29) is 12.6 Å². The van der Waals surface area contributed by atoms with Crippen LogP contribution in [0.2, 0.25) is 0 Å². The minimum atomic E-state index is -3.05. The molecule has 0 aliphatic heterocycles. The summed E-state index contributed by atoms with van der Waals surface area (Å²) in [6, 6.07) is 12.0. The number of nitriles is 1. The highest BCUT2D eigenvalue weighted by atomic mass is 31.2. The standard InChI is InChI=1S/C13H18NO2P/c14-10-6-12-17(15,16)11-5-4-9-13-7-2-1-3-8-13/h1-3,7-8H,4-6,9,11-12H2,(H,15,16). The third-order valence-electron chi connectivity index (χ3n) is 2.64. The van der Waals surface area contributed by atoms with Gasteiger partial charge < -0.3 is 4.89 Å². The second kappa shape index (κ2) is 7.27. The van der Waals surface area contributed by atoms with E-state index >= 15 is 0 Å². The summed E-state index contributed by atoms with van der Waals surface area (Å²) < 4.78 is 11.6. The highest BCUT2D eigenvalue weighted by Crippen LogP contribution is 2.41. The van der Waals surface area contributed by atoms with Gasteiger partial charge in [-0.2, -0.15) is 5.26 Å². The van der Waals surface area contributed by atoms with E-state index in [1.165, 1.54) is 5.56 Å². The Bertz CT molecular complexity index is 411. The zero-order valence-electron chi connectivity index (χ0n) is 9.88. The maximum Gasteiger partial charge on any atom is 0.201 e. The van der Waals surface area contributed by atoms with Crippen LogP contribution in [-0.2, 0) is 11.0 Å². The van der Waals surface area contributed by atoms with Crippen LogP contribution in [0.3, 0.4) is 0 Å². The SMILES string of the molecule is N#CCCP(=O)(O)CCCCc1ccccc1. The smallest absolute Gasteiger partial charge is 0.201 e. The quantitative estimate of drug-likeness (QED) is 0.598. The van der Waals surface area contributed by atoms with Crippen LogP contribution in [-0.4, -0.2) is 17.2 Å². The van der Waals surface area contributed by atoms with Gasteiger partial charge in [0.1, 0.15) is 0 Å². The van der Waals surface area contributed by atoms with Gasteiger partial charge in [0.2, 0.25) is 7.37 Å². The van der Waals surface area contributed by atoms with Gasteiger partial charge in [0, 0.05) is 18.7 Å². The molecular weight excluding hydrogens is 233 g/mol. The maximum absolute atomic E-state index is 11.6. The summed E-state index contributed by atoms with van der Waals surface area (Å²) in [7, 11) is -3.05. The number of nitrogens with zero attached hydrogens (tertiary/aromatic N) is 1. The van der Waals surface area contributed by atoms with Gasteiger partial charge >= 0.3 is 0 Å². The van der Waals surface area contributed by atoms with Crippen molar-refractivity contribution in [2.24, 2.45) is 0 Å². The van der Waals surface area contributed by atoms with Crippen LogP contribution in [0.5, 0.6) is 0 Å². The molecule has 0 aliphatic carbocycles. The maximum atomic E-state index is 11.6. The fourth-order valence-corrected chi connectivity index (χ4v) is 3.06. The average molecular weight is 251 g/mol. The van der Waals surface area contributed by atoms with Crippen molar-refractivity contribution in [1.29, 1.82) is 5.26 Å². The Kier molecular flexibility index (Phi) is 5.97. The van der Waals surface area contributed by atoms with E-state index < -0.39 is 7.37 Å². The van der Waals surface area contributed by atoms with E-state index in [9.17, 15) is 9.46 Å². The molecule has 1 aromatic carbocycles. The number of hydrogen-bond acceptors (Lipinski definition) is 2. The third-order valence-corrected chi connectivity index (χ3v) is 4.58. The van der Waals surface area contributed by atoms with Crippen LogP contribution in [0.15, 0.2) is 30.3 Å². The van der Waals surface area contributed by atoms with Gasteiger partial charge in [-0.15, -0.1) is 0 Å². The highest BCUT2D eigenvalue weighted by Gasteiger charge is 2.16. The predicted molar refractivity (Wildman–Crippen MR) is 69.2 cm³/mol. The van der Waals surface area contributed by atoms with Crippen molar-refractivity contribution in [1.82, 2.24) is 0 Å². The van der Waals surface area contributed by atoms with Crippen LogP contribution in [0.4, 0.5) is 0 Å². The molecule has 4 heteroatoms. The first-order chi connectivity index (χ1) is 8.14. The number of benzene rings is 1. The normalized spacial score (nSPS) is 13.9. The molecule has 0 radical (unpaired) electrons. The summed E-state index contributed by atoms with van der Waals surface area (Å²) in [5.74, 6) is 0. The molecule has 1 aromatic rings. The highest BCUT2D eigenvalue weighted by molar-refractivity contribution is 7.57. The van der Waals surface area contributed by atoms with Crippen LogP contribution in [0, 0.1) is 11.3 Å². The molecule has 0 fully saturated rings. The van der Waals surface area contributed by atoms with E-state index in [0.29, 0.717) is 6.16 Å². The summed E-state index contributed by atoms with van der Waals surface area (Å²) >= 11 is 0. The summed E-state index contributed by atoms with van der Waals surface area (Å²) in [5, 5.41) is 8.37. The van der Waals surface area contributed by atoms with Crippen LogP contribution >= 0.6 is 7.37 Å². The Hall–Kier alpha value is -1.10. The number of aryl methyl sites for hydroxylation is 1. The molecule has 1 N–H and O–H groups in total. The van der Waals surface area contributed by atoms with E-state index in [4.69, 9.17) is 5.26 Å². The van der Waals surface area contributed by atoms with Gasteiger partial charge in [0.15, 0.2) is 0 Å². The van der Waals surface area contributed by atoms with Crippen molar-refractivity contribution >= 4 is 7.37 Å². The van der Waals surface area contributed by atoms with Gasteiger partial charge in [0.25, 0.3) is 0 Å². The van der Waals surface area contributed by atoms with Crippen molar-refractivity contribution < 1.29 is 9.46 Å². The van der Waals surface area contributed by atoms with Crippen LogP contribution in [0.1, 0.15) is 24.8 Å². The second-order valence-electron chi connectivity index (χ2n) is 4.14. The monoisotopic (exact) mass is 251 g/mol. The minimum Gasteiger partial charge on any atom is -0.344 e. The van der Waals surface area contributed by atoms with E-state index in [2.05, 4.69) is 12.1 Å². The Morgan fingerprint density at radius 2 is 1.88 bits per heavy atom. The fraction of sp³-hybridized carbons (Fsp3) is 0.462. The molecule has 0 bridgehead atoms. The zero-order valence-corrected chi connectivity index (χ0v) is 10.8. The lowest BCUT2D eigenvalue weighted by atomic mass is 10.1. The van der Waals surface area contributed by atoms with Crippen molar-refractivity contribution in [3.05, 3.63) is 35.9 Å². The van der Waals surface area contributed by atoms with Crippen molar-refractivity contribution in [2.45, 2.75) is 25.7 Å². The molecular formula is C13H18NO2P. The fourth-order valence-electron chi connectivity index (χ4n) is 1.67. The molecule has 0 aliphatic rings. The Balaban J connectivity index is 2.20. The van der Waals surface area contributed by atoms with E-state index in [0.717, 1.165) is 19.3 Å². The molecule has 0 amide bonds. The first kappa shape index (κ1) is 14.0. The average Bonchev–Trinajstić information content (AvgIpc) is 2.34. The molecule has 3 nitrogen and oxygen atoms in total. The molecule has 0 aromatic heterocycles. The lowest BCUT2D eigenvalue weighted by Crippen LogP contribution is -1.95. The first-order valence-corrected chi connectivity index (χ1v) is 7.89. The number of rotatable bonds is 7. The van der Waals surface area contributed by atoms with Gasteiger partial charge in [-0.1, -0.05) is 30.3 Å². The van der Waals surface area contributed by atoms with Crippen molar-refractivity contribution in [2.75, 3.05) is 12.3 Å². The van der Waals surface area contributed by atoms with Crippen molar-refractivity contribution in [3.8, 4) is 6.07 Å². The molecule has 92 valence electrons. The Labute approximate surface area is 103 Å². The topological polar surface area (TPSA) is 61.1 Å². The van der Waals surface area contributed by atoms with Gasteiger partial charge in [-0.3, -0.25) is 4.57 Å². The first-order valence-electron chi connectivity index (χ1n) is 5.86. The van der Waals surface area contributed by atoms with Crippen LogP contribution < -0.4 is 0 Å². The molecule has 0 saturated heterocycles. The van der Waals surface area contributed by atoms with Gasteiger partial charge in [0.05, 0.1) is 6.07 Å². The lowest BCUT2D eigenvalue weighted by molar-refractivity contribution is 0.475. The predicted octanol–water partition coefficient (Wildman–Crippen LogP) is 3.19.